The molecule has 2 saturated heterocycles. The lowest BCUT2D eigenvalue weighted by atomic mass is 9.91. The summed E-state index contributed by atoms with van der Waals surface area (Å²) in [4.78, 5) is 14.5. The second-order valence-electron chi connectivity index (χ2n) is 5.53. The standard InChI is InChI=1S/C13H25N3O/c1-10-5-6-11(8-14)9-16(10)12-4-2-3-7-15-13(12)17/h10-12H,2-9,14H2,1H3,(H,15,17). The highest BCUT2D eigenvalue weighted by Crippen LogP contribution is 2.25. The van der Waals surface area contributed by atoms with Crippen molar-refractivity contribution in [3.8, 4) is 0 Å². The number of carbonyl (C=O) groups is 1. The molecule has 98 valence electrons. The van der Waals surface area contributed by atoms with Gasteiger partial charge in [0.2, 0.25) is 5.91 Å². The molecule has 4 nitrogen and oxygen atoms in total. The summed E-state index contributed by atoms with van der Waals surface area (Å²) in [6.45, 7) is 4.83. The van der Waals surface area contributed by atoms with Gasteiger partial charge in [-0.1, -0.05) is 0 Å². The smallest absolute Gasteiger partial charge is 0.237 e. The zero-order valence-electron chi connectivity index (χ0n) is 10.8. The molecular weight excluding hydrogens is 214 g/mol. The summed E-state index contributed by atoms with van der Waals surface area (Å²) in [6.07, 6.45) is 5.66. The van der Waals surface area contributed by atoms with E-state index in [1.165, 1.54) is 12.8 Å². The van der Waals surface area contributed by atoms with Crippen molar-refractivity contribution in [2.24, 2.45) is 11.7 Å². The molecule has 0 aromatic heterocycles. The van der Waals surface area contributed by atoms with Crippen molar-refractivity contribution in [1.29, 1.82) is 0 Å². The number of nitrogens with zero attached hydrogens (tertiary/aromatic N) is 1. The number of amides is 1. The molecule has 2 fully saturated rings. The summed E-state index contributed by atoms with van der Waals surface area (Å²) < 4.78 is 0. The van der Waals surface area contributed by atoms with E-state index in [2.05, 4.69) is 17.1 Å². The van der Waals surface area contributed by atoms with Gasteiger partial charge in [0, 0.05) is 19.1 Å². The summed E-state index contributed by atoms with van der Waals surface area (Å²) in [5.74, 6) is 0.800. The van der Waals surface area contributed by atoms with E-state index in [1.807, 2.05) is 0 Å². The largest absolute Gasteiger partial charge is 0.355 e. The minimum atomic E-state index is 0.0850. The summed E-state index contributed by atoms with van der Waals surface area (Å²) in [6, 6.07) is 0.605. The van der Waals surface area contributed by atoms with E-state index in [0.29, 0.717) is 12.0 Å². The predicted molar refractivity (Wildman–Crippen MR) is 68.6 cm³/mol. The van der Waals surface area contributed by atoms with Gasteiger partial charge in [-0.2, -0.15) is 0 Å². The minimum Gasteiger partial charge on any atom is -0.355 e. The summed E-state index contributed by atoms with van der Waals surface area (Å²) >= 11 is 0. The average Bonchev–Trinajstić information content (AvgIpc) is 2.55. The summed E-state index contributed by atoms with van der Waals surface area (Å²) in [5, 5.41) is 3.03. The molecule has 0 aromatic rings. The Morgan fingerprint density at radius 2 is 2.18 bits per heavy atom. The van der Waals surface area contributed by atoms with Crippen molar-refractivity contribution in [2.45, 2.75) is 51.1 Å². The third kappa shape index (κ3) is 2.99. The molecule has 0 saturated carbocycles. The van der Waals surface area contributed by atoms with Crippen molar-refractivity contribution in [1.82, 2.24) is 10.2 Å². The first-order chi connectivity index (χ1) is 8.22. The Morgan fingerprint density at radius 1 is 1.35 bits per heavy atom. The zero-order valence-corrected chi connectivity index (χ0v) is 10.8. The van der Waals surface area contributed by atoms with Gasteiger partial charge in [0.1, 0.15) is 0 Å². The van der Waals surface area contributed by atoms with Crippen molar-refractivity contribution < 1.29 is 4.79 Å². The van der Waals surface area contributed by atoms with Crippen LogP contribution in [0.3, 0.4) is 0 Å². The van der Waals surface area contributed by atoms with Crippen LogP contribution in [0.15, 0.2) is 0 Å². The van der Waals surface area contributed by atoms with Crippen LogP contribution < -0.4 is 11.1 Å². The van der Waals surface area contributed by atoms with Crippen LogP contribution in [0.1, 0.15) is 39.0 Å². The van der Waals surface area contributed by atoms with Crippen molar-refractivity contribution in [3.05, 3.63) is 0 Å². The average molecular weight is 239 g/mol. The van der Waals surface area contributed by atoms with Crippen LogP contribution in [0.25, 0.3) is 0 Å². The molecule has 4 heteroatoms. The van der Waals surface area contributed by atoms with Gasteiger partial charge in [-0.3, -0.25) is 9.69 Å². The fourth-order valence-corrected chi connectivity index (χ4v) is 3.08. The lowest BCUT2D eigenvalue weighted by Gasteiger charge is -2.41. The van der Waals surface area contributed by atoms with E-state index >= 15 is 0 Å². The fourth-order valence-electron chi connectivity index (χ4n) is 3.08. The van der Waals surface area contributed by atoms with Crippen LogP contribution in [0.2, 0.25) is 0 Å². The molecule has 17 heavy (non-hydrogen) atoms. The molecule has 0 aromatic carbocycles. The SMILES string of the molecule is CC1CCC(CN)CN1C1CCCCNC1=O. The van der Waals surface area contributed by atoms with Crippen molar-refractivity contribution >= 4 is 5.91 Å². The van der Waals surface area contributed by atoms with Crippen LogP contribution in [-0.2, 0) is 4.79 Å². The van der Waals surface area contributed by atoms with Crippen LogP contribution in [0.5, 0.6) is 0 Å². The highest BCUT2D eigenvalue weighted by molar-refractivity contribution is 5.82. The Labute approximate surface area is 104 Å². The van der Waals surface area contributed by atoms with Gasteiger partial charge < -0.3 is 11.1 Å². The third-order valence-electron chi connectivity index (χ3n) is 4.27. The zero-order chi connectivity index (χ0) is 12.3. The quantitative estimate of drug-likeness (QED) is 0.746. The Balaban J connectivity index is 2.04. The van der Waals surface area contributed by atoms with E-state index in [1.54, 1.807) is 0 Å². The molecular formula is C13H25N3O. The molecule has 0 bridgehead atoms. The molecule has 3 atom stereocenters. The van der Waals surface area contributed by atoms with Crippen molar-refractivity contribution in [3.63, 3.8) is 0 Å². The second kappa shape index (κ2) is 5.83. The van der Waals surface area contributed by atoms with E-state index in [-0.39, 0.29) is 11.9 Å². The number of likely N-dealkylation sites (tertiary alicyclic amines) is 1. The number of piperidine rings is 1. The Bertz CT molecular complexity index is 269. The first-order valence-electron chi connectivity index (χ1n) is 6.96. The first kappa shape index (κ1) is 12.8. The van der Waals surface area contributed by atoms with Crippen LogP contribution in [0.4, 0.5) is 0 Å². The van der Waals surface area contributed by atoms with Crippen LogP contribution >= 0.6 is 0 Å². The highest BCUT2D eigenvalue weighted by Gasteiger charge is 2.34. The van der Waals surface area contributed by atoms with Crippen LogP contribution in [-0.4, -0.2) is 42.5 Å². The molecule has 0 aliphatic carbocycles. The number of nitrogens with two attached hydrogens (primary N) is 1. The fraction of sp³-hybridized carbons (Fsp3) is 0.923. The normalized spacial score (nSPS) is 36.4. The first-order valence-corrected chi connectivity index (χ1v) is 6.96. The van der Waals surface area contributed by atoms with Gasteiger partial charge in [-0.05, 0) is 51.5 Å². The van der Waals surface area contributed by atoms with Gasteiger partial charge >= 0.3 is 0 Å². The number of hydrogen-bond acceptors (Lipinski definition) is 3. The molecule has 2 rings (SSSR count). The Hall–Kier alpha value is -0.610. The Morgan fingerprint density at radius 3 is 2.94 bits per heavy atom. The monoisotopic (exact) mass is 239 g/mol. The molecule has 2 aliphatic heterocycles. The number of rotatable bonds is 2. The topological polar surface area (TPSA) is 58.4 Å². The van der Waals surface area contributed by atoms with Gasteiger partial charge in [-0.25, -0.2) is 0 Å². The van der Waals surface area contributed by atoms with E-state index < -0.39 is 0 Å². The van der Waals surface area contributed by atoms with Gasteiger partial charge in [-0.15, -0.1) is 0 Å². The predicted octanol–water partition coefficient (Wildman–Crippen LogP) is 0.714. The molecule has 2 heterocycles. The number of carbonyl (C=O) groups excluding carboxylic acids is 1. The molecule has 0 spiro atoms. The van der Waals surface area contributed by atoms with Gasteiger partial charge in [0.05, 0.1) is 6.04 Å². The lowest BCUT2D eigenvalue weighted by Crippen LogP contribution is -2.54. The van der Waals surface area contributed by atoms with Crippen LogP contribution in [0, 0.1) is 5.92 Å². The van der Waals surface area contributed by atoms with Gasteiger partial charge in [0.15, 0.2) is 0 Å². The van der Waals surface area contributed by atoms with Crippen molar-refractivity contribution in [2.75, 3.05) is 19.6 Å². The Kier molecular flexibility index (Phi) is 4.40. The van der Waals surface area contributed by atoms with E-state index in [9.17, 15) is 4.79 Å². The minimum absolute atomic E-state index is 0.0850. The summed E-state index contributed by atoms with van der Waals surface area (Å²) in [5.41, 5.74) is 5.78. The van der Waals surface area contributed by atoms with Gasteiger partial charge in [0.25, 0.3) is 0 Å². The molecule has 3 unspecified atom stereocenters. The highest BCUT2D eigenvalue weighted by atomic mass is 16.2. The lowest BCUT2D eigenvalue weighted by molar-refractivity contribution is -0.128. The molecule has 2 aliphatic rings. The summed E-state index contributed by atoms with van der Waals surface area (Å²) in [7, 11) is 0. The number of hydrogen-bond donors (Lipinski definition) is 2. The third-order valence-corrected chi connectivity index (χ3v) is 4.27. The number of nitrogens with one attached hydrogen (secondary N) is 1. The molecule has 3 N–H and O–H groups in total. The maximum absolute atomic E-state index is 12.1. The molecule has 0 radical (unpaired) electrons. The van der Waals surface area contributed by atoms with E-state index in [4.69, 9.17) is 5.73 Å². The molecule has 1 amide bonds. The van der Waals surface area contributed by atoms with E-state index in [0.717, 1.165) is 38.9 Å². The maximum atomic E-state index is 12.1. The second-order valence-corrected chi connectivity index (χ2v) is 5.53. The maximum Gasteiger partial charge on any atom is 0.237 e.